The van der Waals surface area contributed by atoms with Crippen molar-refractivity contribution in [3.63, 3.8) is 0 Å². The van der Waals surface area contributed by atoms with Gasteiger partial charge in [0.2, 0.25) is 0 Å². The lowest BCUT2D eigenvalue weighted by atomic mass is 10.00. The van der Waals surface area contributed by atoms with Crippen molar-refractivity contribution in [1.29, 1.82) is 0 Å². The number of urea groups is 1. The number of nitrogens with zero attached hydrogens (tertiary/aromatic N) is 1. The van der Waals surface area contributed by atoms with E-state index in [1.807, 2.05) is 25.1 Å². The molecule has 2 unspecified atom stereocenters. The summed E-state index contributed by atoms with van der Waals surface area (Å²) in [5, 5.41) is 5.47. The SMILES string of the molecule is COCC1CN(C(=O)NC(C)c2cccc3ccccc23)CCO1. The van der Waals surface area contributed by atoms with Crippen LogP contribution in [0.5, 0.6) is 0 Å². The van der Waals surface area contributed by atoms with Crippen molar-refractivity contribution in [2.45, 2.75) is 19.1 Å². The maximum Gasteiger partial charge on any atom is 0.318 e. The molecule has 2 amide bonds. The Hall–Kier alpha value is -2.11. The van der Waals surface area contributed by atoms with Crippen LogP contribution in [-0.2, 0) is 9.47 Å². The molecular formula is C19H24N2O3. The second kappa shape index (κ2) is 7.64. The van der Waals surface area contributed by atoms with E-state index in [2.05, 4.69) is 29.6 Å². The first-order chi connectivity index (χ1) is 11.7. The number of hydrogen-bond donors (Lipinski definition) is 1. The highest BCUT2D eigenvalue weighted by Gasteiger charge is 2.25. The lowest BCUT2D eigenvalue weighted by Crippen LogP contribution is -2.51. The van der Waals surface area contributed by atoms with Gasteiger partial charge in [0, 0.05) is 13.7 Å². The van der Waals surface area contributed by atoms with Crippen molar-refractivity contribution >= 4 is 16.8 Å². The number of methoxy groups -OCH3 is 1. The number of ether oxygens (including phenoxy) is 2. The van der Waals surface area contributed by atoms with Gasteiger partial charge in [-0.3, -0.25) is 0 Å². The first-order valence-electron chi connectivity index (χ1n) is 8.32. The summed E-state index contributed by atoms with van der Waals surface area (Å²) in [6.45, 7) is 4.23. The monoisotopic (exact) mass is 328 g/mol. The van der Waals surface area contributed by atoms with Crippen LogP contribution in [0.3, 0.4) is 0 Å². The molecule has 0 saturated carbocycles. The Balaban J connectivity index is 1.69. The van der Waals surface area contributed by atoms with E-state index in [4.69, 9.17) is 9.47 Å². The van der Waals surface area contributed by atoms with Crippen LogP contribution >= 0.6 is 0 Å². The van der Waals surface area contributed by atoms with Crippen molar-refractivity contribution in [3.05, 3.63) is 48.0 Å². The maximum absolute atomic E-state index is 12.6. The second-order valence-corrected chi connectivity index (χ2v) is 6.13. The topological polar surface area (TPSA) is 50.8 Å². The van der Waals surface area contributed by atoms with E-state index >= 15 is 0 Å². The van der Waals surface area contributed by atoms with Gasteiger partial charge in [-0.15, -0.1) is 0 Å². The smallest absolute Gasteiger partial charge is 0.318 e. The Morgan fingerprint density at radius 2 is 2.12 bits per heavy atom. The van der Waals surface area contributed by atoms with Crippen molar-refractivity contribution in [2.75, 3.05) is 33.4 Å². The average Bonchev–Trinajstić information content (AvgIpc) is 2.61. The van der Waals surface area contributed by atoms with Crippen LogP contribution in [-0.4, -0.2) is 50.4 Å². The minimum Gasteiger partial charge on any atom is -0.382 e. The Bertz CT molecular complexity index is 697. The minimum atomic E-state index is -0.0627. The van der Waals surface area contributed by atoms with Crippen molar-refractivity contribution < 1.29 is 14.3 Å². The third-order valence-corrected chi connectivity index (χ3v) is 4.41. The molecule has 5 nitrogen and oxygen atoms in total. The molecule has 1 saturated heterocycles. The zero-order valence-corrected chi connectivity index (χ0v) is 14.2. The number of benzene rings is 2. The summed E-state index contributed by atoms with van der Waals surface area (Å²) in [5.74, 6) is 0. The number of rotatable bonds is 4. The Labute approximate surface area is 142 Å². The van der Waals surface area contributed by atoms with Gasteiger partial charge < -0.3 is 19.7 Å². The van der Waals surface area contributed by atoms with Crippen LogP contribution in [0.15, 0.2) is 42.5 Å². The highest BCUT2D eigenvalue weighted by atomic mass is 16.5. The predicted octanol–water partition coefficient (Wildman–Crippen LogP) is 2.96. The summed E-state index contributed by atoms with van der Waals surface area (Å²) in [6, 6.07) is 14.3. The van der Waals surface area contributed by atoms with E-state index in [0.717, 1.165) is 5.56 Å². The molecule has 0 radical (unpaired) electrons. The number of carbonyl (C=O) groups excluding carboxylic acids is 1. The summed E-state index contributed by atoms with van der Waals surface area (Å²) in [5.41, 5.74) is 1.13. The van der Waals surface area contributed by atoms with Crippen LogP contribution in [0.2, 0.25) is 0 Å². The van der Waals surface area contributed by atoms with Gasteiger partial charge in [0.25, 0.3) is 0 Å². The van der Waals surface area contributed by atoms with Gasteiger partial charge in [-0.2, -0.15) is 0 Å². The van der Waals surface area contributed by atoms with Gasteiger partial charge in [-0.05, 0) is 23.3 Å². The van der Waals surface area contributed by atoms with Crippen LogP contribution in [0.25, 0.3) is 10.8 Å². The largest absolute Gasteiger partial charge is 0.382 e. The molecule has 128 valence electrons. The number of fused-ring (bicyclic) bond motifs is 1. The van der Waals surface area contributed by atoms with Gasteiger partial charge in [-0.25, -0.2) is 4.79 Å². The highest BCUT2D eigenvalue weighted by Crippen LogP contribution is 2.24. The fraction of sp³-hybridized carbons (Fsp3) is 0.421. The molecule has 2 atom stereocenters. The fourth-order valence-electron chi connectivity index (χ4n) is 3.17. The summed E-state index contributed by atoms with van der Waals surface area (Å²) in [6.07, 6.45) is -0.0534. The molecule has 3 rings (SSSR count). The summed E-state index contributed by atoms with van der Waals surface area (Å²) < 4.78 is 10.7. The zero-order chi connectivity index (χ0) is 16.9. The number of morpholine rings is 1. The van der Waals surface area contributed by atoms with E-state index < -0.39 is 0 Å². The minimum absolute atomic E-state index is 0.0534. The standard InChI is InChI=1S/C19H24N2O3/c1-14(17-9-5-7-15-6-3-4-8-18(15)17)20-19(22)21-10-11-24-16(12-21)13-23-2/h3-9,14,16H,10-13H2,1-2H3,(H,20,22). The van der Waals surface area contributed by atoms with Gasteiger partial charge in [0.1, 0.15) is 0 Å². The summed E-state index contributed by atoms with van der Waals surface area (Å²) in [7, 11) is 1.64. The van der Waals surface area contributed by atoms with E-state index in [9.17, 15) is 4.79 Å². The molecule has 0 aliphatic carbocycles. The van der Waals surface area contributed by atoms with Crippen LogP contribution in [0.1, 0.15) is 18.5 Å². The normalized spacial score (nSPS) is 19.2. The summed E-state index contributed by atoms with van der Waals surface area (Å²) in [4.78, 5) is 14.4. The fourth-order valence-corrected chi connectivity index (χ4v) is 3.17. The molecule has 0 aromatic heterocycles. The van der Waals surface area contributed by atoms with Crippen LogP contribution in [0.4, 0.5) is 4.79 Å². The van der Waals surface area contributed by atoms with Gasteiger partial charge >= 0.3 is 6.03 Å². The molecule has 5 heteroatoms. The number of nitrogens with one attached hydrogen (secondary N) is 1. The number of carbonyl (C=O) groups is 1. The molecule has 1 N–H and O–H groups in total. The van der Waals surface area contributed by atoms with E-state index in [0.29, 0.717) is 26.3 Å². The summed E-state index contributed by atoms with van der Waals surface area (Å²) >= 11 is 0. The first-order valence-corrected chi connectivity index (χ1v) is 8.32. The first kappa shape index (κ1) is 16.7. The van der Waals surface area contributed by atoms with E-state index in [1.165, 1.54) is 10.8 Å². The Morgan fingerprint density at radius 3 is 2.96 bits per heavy atom. The van der Waals surface area contributed by atoms with E-state index in [1.54, 1.807) is 12.0 Å². The molecule has 1 aliphatic rings. The van der Waals surface area contributed by atoms with Crippen molar-refractivity contribution in [1.82, 2.24) is 10.2 Å². The molecule has 1 aliphatic heterocycles. The molecule has 1 heterocycles. The van der Waals surface area contributed by atoms with Gasteiger partial charge in [0.15, 0.2) is 0 Å². The van der Waals surface area contributed by atoms with Gasteiger partial charge in [0.05, 0.1) is 31.9 Å². The molecule has 0 spiro atoms. The highest BCUT2D eigenvalue weighted by molar-refractivity contribution is 5.86. The molecule has 24 heavy (non-hydrogen) atoms. The molecule has 2 aromatic carbocycles. The third-order valence-electron chi connectivity index (χ3n) is 4.41. The van der Waals surface area contributed by atoms with Crippen LogP contribution in [0, 0.1) is 0 Å². The molecule has 0 bridgehead atoms. The maximum atomic E-state index is 12.6. The lowest BCUT2D eigenvalue weighted by molar-refractivity contribution is -0.0496. The quantitative estimate of drug-likeness (QED) is 0.939. The van der Waals surface area contributed by atoms with Crippen molar-refractivity contribution in [3.8, 4) is 0 Å². The van der Waals surface area contributed by atoms with Crippen LogP contribution < -0.4 is 5.32 Å². The molecule has 1 fully saturated rings. The second-order valence-electron chi connectivity index (χ2n) is 6.13. The predicted molar refractivity (Wildman–Crippen MR) is 94.1 cm³/mol. The van der Waals surface area contributed by atoms with Crippen molar-refractivity contribution in [2.24, 2.45) is 0 Å². The number of hydrogen-bond acceptors (Lipinski definition) is 3. The lowest BCUT2D eigenvalue weighted by Gasteiger charge is -2.33. The zero-order valence-electron chi connectivity index (χ0n) is 14.2. The average molecular weight is 328 g/mol. The Morgan fingerprint density at radius 1 is 1.33 bits per heavy atom. The molecule has 2 aromatic rings. The van der Waals surface area contributed by atoms with Gasteiger partial charge in [-0.1, -0.05) is 42.5 Å². The Kier molecular flexibility index (Phi) is 5.33. The number of amides is 2. The molecular weight excluding hydrogens is 304 g/mol. The van der Waals surface area contributed by atoms with E-state index in [-0.39, 0.29) is 18.2 Å². The third kappa shape index (κ3) is 3.68.